The lowest BCUT2D eigenvalue weighted by Crippen LogP contribution is -1.78. The van der Waals surface area contributed by atoms with E-state index < -0.39 is 0 Å². The molecule has 0 unspecified atom stereocenters. The molecule has 0 saturated carbocycles. The molecule has 1 heteroatoms. The van der Waals surface area contributed by atoms with Gasteiger partial charge in [-0.05, 0) is 20.8 Å². The SMILES string of the molecule is B.Cc1cc(C)cc(C)c1. The van der Waals surface area contributed by atoms with Crippen LogP contribution in [-0.4, -0.2) is 8.41 Å². The Morgan fingerprint density at radius 3 is 1.10 bits per heavy atom. The molecule has 0 N–H and O–H groups in total. The van der Waals surface area contributed by atoms with Crippen molar-refractivity contribution in [2.45, 2.75) is 20.8 Å². The van der Waals surface area contributed by atoms with Crippen molar-refractivity contribution >= 4 is 8.41 Å². The summed E-state index contributed by atoms with van der Waals surface area (Å²) in [5.74, 6) is 0. The summed E-state index contributed by atoms with van der Waals surface area (Å²) in [5, 5.41) is 0. The summed E-state index contributed by atoms with van der Waals surface area (Å²) in [6.07, 6.45) is 0. The Hall–Kier alpha value is -0.715. The predicted molar refractivity (Wildman–Crippen MR) is 50.6 cm³/mol. The zero-order valence-electron chi connectivity index (χ0n) is 6.23. The van der Waals surface area contributed by atoms with Gasteiger partial charge in [-0.1, -0.05) is 34.9 Å². The van der Waals surface area contributed by atoms with E-state index in [2.05, 4.69) is 39.0 Å². The van der Waals surface area contributed by atoms with Gasteiger partial charge in [0.05, 0.1) is 8.41 Å². The molecule has 0 aliphatic carbocycles. The first-order chi connectivity index (χ1) is 4.18. The third-order valence-corrected chi connectivity index (χ3v) is 1.37. The molecule has 0 aromatic heterocycles. The monoisotopic (exact) mass is 134 g/mol. The van der Waals surface area contributed by atoms with Crippen LogP contribution in [0.25, 0.3) is 0 Å². The first-order valence-corrected chi connectivity index (χ1v) is 3.23. The Labute approximate surface area is 64.8 Å². The van der Waals surface area contributed by atoms with E-state index in [1.165, 1.54) is 16.7 Å². The lowest BCUT2D eigenvalue weighted by atomic mass is 10.1. The van der Waals surface area contributed by atoms with E-state index in [1.807, 2.05) is 0 Å². The van der Waals surface area contributed by atoms with Crippen LogP contribution < -0.4 is 0 Å². The summed E-state index contributed by atoms with van der Waals surface area (Å²) in [5.41, 5.74) is 4.06. The molecule has 1 aromatic carbocycles. The lowest BCUT2D eigenvalue weighted by molar-refractivity contribution is 1.32. The molecule has 0 bridgehead atoms. The quantitative estimate of drug-likeness (QED) is 0.471. The summed E-state index contributed by atoms with van der Waals surface area (Å²) in [7, 11) is 0. The van der Waals surface area contributed by atoms with E-state index in [4.69, 9.17) is 0 Å². The van der Waals surface area contributed by atoms with Crippen molar-refractivity contribution in [3.05, 3.63) is 34.9 Å². The second-order valence-electron chi connectivity index (χ2n) is 2.67. The van der Waals surface area contributed by atoms with Gasteiger partial charge in [0.25, 0.3) is 0 Å². The van der Waals surface area contributed by atoms with Crippen molar-refractivity contribution in [2.24, 2.45) is 0 Å². The summed E-state index contributed by atoms with van der Waals surface area (Å²) in [6.45, 7) is 6.38. The largest absolute Gasteiger partial charge is 0.0814 e. The molecule has 0 amide bonds. The van der Waals surface area contributed by atoms with Gasteiger partial charge >= 0.3 is 0 Å². The van der Waals surface area contributed by atoms with Crippen LogP contribution in [0.1, 0.15) is 16.7 Å². The second kappa shape index (κ2) is 3.45. The van der Waals surface area contributed by atoms with E-state index in [1.54, 1.807) is 0 Å². The Bertz CT molecular complexity index is 165. The minimum Gasteiger partial charge on any atom is -0.0564 e. The molecule has 0 nitrogen and oxygen atoms in total. The maximum absolute atomic E-state index is 2.19. The summed E-state index contributed by atoms with van der Waals surface area (Å²) >= 11 is 0. The number of benzene rings is 1. The fourth-order valence-corrected chi connectivity index (χ4v) is 1.20. The van der Waals surface area contributed by atoms with Crippen molar-refractivity contribution in [1.82, 2.24) is 0 Å². The van der Waals surface area contributed by atoms with Crippen LogP contribution in [0.4, 0.5) is 0 Å². The van der Waals surface area contributed by atoms with Gasteiger partial charge < -0.3 is 0 Å². The molecule has 0 radical (unpaired) electrons. The average Bonchev–Trinajstić information content (AvgIpc) is 1.59. The van der Waals surface area contributed by atoms with E-state index >= 15 is 0 Å². The molecule has 0 aliphatic rings. The Morgan fingerprint density at radius 1 is 0.700 bits per heavy atom. The van der Waals surface area contributed by atoms with Crippen molar-refractivity contribution in [3.8, 4) is 0 Å². The number of hydrogen-bond donors (Lipinski definition) is 0. The van der Waals surface area contributed by atoms with Gasteiger partial charge in [-0.3, -0.25) is 0 Å². The first kappa shape index (κ1) is 9.28. The van der Waals surface area contributed by atoms with Crippen LogP contribution in [0.2, 0.25) is 0 Å². The number of aryl methyl sites for hydroxylation is 3. The molecule has 54 valence electrons. The molecular weight excluding hydrogens is 119 g/mol. The van der Waals surface area contributed by atoms with Crippen molar-refractivity contribution in [1.29, 1.82) is 0 Å². The highest BCUT2D eigenvalue weighted by atomic mass is 13.9. The van der Waals surface area contributed by atoms with Gasteiger partial charge in [0.2, 0.25) is 0 Å². The maximum Gasteiger partial charge on any atom is 0.0814 e. The summed E-state index contributed by atoms with van der Waals surface area (Å²) in [4.78, 5) is 0. The van der Waals surface area contributed by atoms with E-state index in [9.17, 15) is 0 Å². The highest BCUT2D eigenvalue weighted by Crippen LogP contribution is 2.06. The topological polar surface area (TPSA) is 0 Å². The van der Waals surface area contributed by atoms with Crippen molar-refractivity contribution in [2.75, 3.05) is 0 Å². The first-order valence-electron chi connectivity index (χ1n) is 3.23. The van der Waals surface area contributed by atoms with Crippen molar-refractivity contribution < 1.29 is 0 Å². The minimum absolute atomic E-state index is 0. The van der Waals surface area contributed by atoms with Crippen LogP contribution in [0.5, 0.6) is 0 Å². The highest BCUT2D eigenvalue weighted by Gasteiger charge is 1.87. The fourth-order valence-electron chi connectivity index (χ4n) is 1.20. The Morgan fingerprint density at radius 2 is 0.900 bits per heavy atom. The molecule has 1 aromatic rings. The van der Waals surface area contributed by atoms with Crippen LogP contribution in [-0.2, 0) is 0 Å². The molecule has 0 aliphatic heterocycles. The third kappa shape index (κ3) is 2.26. The van der Waals surface area contributed by atoms with E-state index in [0.717, 1.165) is 0 Å². The molecule has 0 heterocycles. The van der Waals surface area contributed by atoms with Gasteiger partial charge in [0.1, 0.15) is 0 Å². The van der Waals surface area contributed by atoms with Gasteiger partial charge in [-0.15, -0.1) is 0 Å². The Kier molecular flexibility index (Phi) is 3.21. The standard InChI is InChI=1S/C9H12.BH3/c1-7-4-8(2)6-9(3)5-7;/h4-6H,1-3H3;1H3. The van der Waals surface area contributed by atoms with Crippen molar-refractivity contribution in [3.63, 3.8) is 0 Å². The number of hydrogen-bond acceptors (Lipinski definition) is 0. The van der Waals surface area contributed by atoms with Gasteiger partial charge in [-0.25, -0.2) is 0 Å². The highest BCUT2D eigenvalue weighted by molar-refractivity contribution is 5.75. The molecule has 1 rings (SSSR count). The Balaban J connectivity index is 0.000000810. The van der Waals surface area contributed by atoms with E-state index in [0.29, 0.717) is 0 Å². The van der Waals surface area contributed by atoms with Gasteiger partial charge in [0, 0.05) is 0 Å². The summed E-state index contributed by atoms with van der Waals surface area (Å²) in [6, 6.07) is 6.56. The predicted octanol–water partition coefficient (Wildman–Crippen LogP) is 1.43. The fraction of sp³-hybridized carbons (Fsp3) is 0.333. The molecule has 0 spiro atoms. The third-order valence-electron chi connectivity index (χ3n) is 1.37. The lowest BCUT2D eigenvalue weighted by Gasteiger charge is -1.96. The molecular formula is C9H15B. The van der Waals surface area contributed by atoms with Gasteiger partial charge in [-0.2, -0.15) is 0 Å². The van der Waals surface area contributed by atoms with Gasteiger partial charge in [0.15, 0.2) is 0 Å². The molecule has 0 fully saturated rings. The number of rotatable bonds is 0. The normalized spacial score (nSPS) is 8.70. The van der Waals surface area contributed by atoms with Crippen LogP contribution >= 0.6 is 0 Å². The summed E-state index contributed by atoms with van der Waals surface area (Å²) < 4.78 is 0. The smallest absolute Gasteiger partial charge is 0.0564 e. The minimum atomic E-state index is 0. The average molecular weight is 134 g/mol. The zero-order chi connectivity index (χ0) is 6.85. The van der Waals surface area contributed by atoms with Crippen LogP contribution in [0.15, 0.2) is 18.2 Å². The molecule has 10 heavy (non-hydrogen) atoms. The molecule has 0 atom stereocenters. The van der Waals surface area contributed by atoms with Crippen LogP contribution in [0, 0.1) is 20.8 Å². The van der Waals surface area contributed by atoms with E-state index in [-0.39, 0.29) is 8.41 Å². The zero-order valence-corrected chi connectivity index (χ0v) is 6.23. The second-order valence-corrected chi connectivity index (χ2v) is 2.67. The van der Waals surface area contributed by atoms with Crippen LogP contribution in [0.3, 0.4) is 0 Å². The maximum atomic E-state index is 2.19. The molecule has 0 saturated heterocycles.